The van der Waals surface area contributed by atoms with Gasteiger partial charge in [-0.3, -0.25) is 0 Å². The minimum Gasteiger partial charge on any atom is -0.310 e. The van der Waals surface area contributed by atoms with Crippen molar-refractivity contribution in [1.82, 2.24) is 0 Å². The normalized spacial score (nSPS) is 14.8. The van der Waals surface area contributed by atoms with Crippen LogP contribution < -0.4 is 19.6 Å². The van der Waals surface area contributed by atoms with Gasteiger partial charge in [0.05, 0.1) is 43.5 Å². The van der Waals surface area contributed by atoms with E-state index in [0.717, 1.165) is 37.1 Å². The highest BCUT2D eigenvalue weighted by Crippen LogP contribution is 2.61. The number of aryl methyl sites for hydroxylation is 2. The number of hydrogen-bond acceptors (Lipinski definition) is 6. The maximum Gasteiger partial charge on any atom is 0.0640 e. The second-order valence-electron chi connectivity index (χ2n) is 40.7. The van der Waals surface area contributed by atoms with Crippen molar-refractivity contribution in [3.63, 3.8) is 0 Å². The Morgan fingerprint density at radius 3 is 0.970 bits per heavy atom. The van der Waals surface area contributed by atoms with Gasteiger partial charge in [-0.1, -0.05) is 301 Å². The molecule has 0 saturated carbocycles. The van der Waals surface area contributed by atoms with Gasteiger partial charge in [0, 0.05) is 108 Å². The molecule has 2 aromatic heterocycles. The van der Waals surface area contributed by atoms with Gasteiger partial charge < -0.3 is 19.6 Å². The van der Waals surface area contributed by atoms with Gasteiger partial charge in [0.2, 0.25) is 0 Å². The van der Waals surface area contributed by atoms with Crippen molar-refractivity contribution in [2.45, 2.75) is 142 Å². The number of thiophene rings is 2. The van der Waals surface area contributed by atoms with Crippen LogP contribution in [0.2, 0.25) is 0 Å². The first-order chi connectivity index (χ1) is 64.2. The molecule has 0 unspecified atom stereocenters. The molecule has 0 saturated heterocycles. The first-order valence-electron chi connectivity index (χ1n) is 47.5. The van der Waals surface area contributed by atoms with Crippen LogP contribution in [0.3, 0.4) is 0 Å². The van der Waals surface area contributed by atoms with Crippen LogP contribution in [0.5, 0.6) is 0 Å². The van der Waals surface area contributed by atoms with Gasteiger partial charge in [0.1, 0.15) is 0 Å². The lowest BCUT2D eigenvalue weighted by molar-refractivity contribution is 0.475. The highest BCUT2D eigenvalue weighted by atomic mass is 32.1. The fourth-order valence-electron chi connectivity index (χ4n) is 24.1. The first kappa shape index (κ1) is 80.2. The molecule has 20 aromatic carbocycles. The summed E-state index contributed by atoms with van der Waals surface area (Å²) in [6.07, 6.45) is 4.23. The number of rotatable bonds is 14. The molecular formula is C126H104N4S2. The van der Waals surface area contributed by atoms with Crippen LogP contribution in [-0.4, -0.2) is 0 Å². The highest BCUT2D eigenvalue weighted by Gasteiger charge is 2.42. The first-order valence-corrected chi connectivity index (χ1v) is 49.1. The molecule has 640 valence electrons. The van der Waals surface area contributed by atoms with Gasteiger partial charge in [0.15, 0.2) is 0 Å². The topological polar surface area (TPSA) is 13.0 Å². The van der Waals surface area contributed by atoms with Gasteiger partial charge in [-0.15, -0.1) is 22.7 Å². The molecule has 0 atom stereocenters. The molecule has 0 N–H and O–H groups in total. The maximum absolute atomic E-state index is 2.62. The van der Waals surface area contributed by atoms with Crippen LogP contribution in [0.1, 0.15) is 163 Å². The zero-order valence-corrected chi connectivity index (χ0v) is 78.7. The monoisotopic (exact) mass is 1740 g/mol. The van der Waals surface area contributed by atoms with E-state index in [0.29, 0.717) is 11.8 Å². The third-order valence-electron chi connectivity index (χ3n) is 30.8. The van der Waals surface area contributed by atoms with E-state index in [2.05, 4.69) is 455 Å². The largest absolute Gasteiger partial charge is 0.310 e. The molecule has 132 heavy (non-hydrogen) atoms. The van der Waals surface area contributed by atoms with Crippen LogP contribution in [0, 0.1) is 0 Å². The molecule has 0 spiro atoms. The summed E-state index contributed by atoms with van der Waals surface area (Å²) in [4.78, 5) is 10.3. The number of nitrogens with zero attached hydrogens (tertiary/aromatic N) is 4. The lowest BCUT2D eigenvalue weighted by Gasteiger charge is -2.37. The summed E-state index contributed by atoms with van der Waals surface area (Å²) in [5.41, 5.74) is 33.6. The van der Waals surface area contributed by atoms with Gasteiger partial charge in [-0.25, -0.2) is 0 Å². The van der Waals surface area contributed by atoms with Crippen LogP contribution >= 0.6 is 22.7 Å². The summed E-state index contributed by atoms with van der Waals surface area (Å²) >= 11 is 3.81. The Morgan fingerprint density at radius 2 is 0.561 bits per heavy atom. The quantitative estimate of drug-likeness (QED) is 0.101. The van der Waals surface area contributed by atoms with Crippen molar-refractivity contribution in [3.05, 3.63) is 407 Å². The van der Waals surface area contributed by atoms with Crippen molar-refractivity contribution >= 4 is 196 Å². The summed E-state index contributed by atoms with van der Waals surface area (Å²) in [5, 5.41) is 21.6. The Balaban J connectivity index is 0.000000142. The summed E-state index contributed by atoms with van der Waals surface area (Å²) in [6, 6.07) is 134. The van der Waals surface area contributed by atoms with Gasteiger partial charge >= 0.3 is 0 Å². The van der Waals surface area contributed by atoms with Crippen molar-refractivity contribution in [2.24, 2.45) is 0 Å². The molecule has 4 aliphatic carbocycles. The van der Waals surface area contributed by atoms with Gasteiger partial charge in [-0.05, 0) is 292 Å². The number of benzene rings is 20. The SMILES string of the molecule is CC(C)c1cc(N(c2ccccc2)c2ccc3c(c2)C(C)(C)c2ccccc2-3)c2cc3c4c(cc(N(c5ccccc5)c5ccc6c(c5)C(C)(C)c5ccccc5-6)c5ccc1c2c54)CCC3(C)C.CC(C)c1cc(N(c2ccccc2)c2cccc3c2sc2ccccc23)c2cc3c4c(cc(N(c5ccccc5)c5cccc6c5sc5ccccc56)c5ccc1c2c54)CCC3(C)C. The van der Waals surface area contributed by atoms with Crippen LogP contribution in [0.15, 0.2) is 352 Å². The number of para-hydroxylation sites is 4. The Morgan fingerprint density at radius 1 is 0.227 bits per heavy atom. The molecule has 26 rings (SSSR count). The molecule has 0 amide bonds. The lowest BCUT2D eigenvalue weighted by Crippen LogP contribution is -2.24. The van der Waals surface area contributed by atoms with Crippen LogP contribution in [-0.2, 0) is 34.5 Å². The number of fused-ring (bicyclic) bond motifs is 12. The van der Waals surface area contributed by atoms with E-state index in [1.54, 1.807) is 0 Å². The van der Waals surface area contributed by atoms with E-state index in [1.165, 1.54) is 240 Å². The van der Waals surface area contributed by atoms with Crippen molar-refractivity contribution in [2.75, 3.05) is 19.6 Å². The van der Waals surface area contributed by atoms with E-state index < -0.39 is 0 Å². The van der Waals surface area contributed by atoms with E-state index in [1.807, 2.05) is 22.7 Å². The summed E-state index contributed by atoms with van der Waals surface area (Å²) in [7, 11) is 0. The van der Waals surface area contributed by atoms with E-state index in [9.17, 15) is 0 Å². The third kappa shape index (κ3) is 12.0. The smallest absolute Gasteiger partial charge is 0.0640 e. The fourth-order valence-corrected chi connectivity index (χ4v) is 26.5. The minimum absolute atomic E-state index is 0.0137. The molecule has 0 aliphatic heterocycles. The van der Waals surface area contributed by atoms with Crippen molar-refractivity contribution in [1.29, 1.82) is 0 Å². The van der Waals surface area contributed by atoms with E-state index >= 15 is 0 Å². The Hall–Kier alpha value is -13.9. The lowest BCUT2D eigenvalue weighted by atomic mass is 9.70. The summed E-state index contributed by atoms with van der Waals surface area (Å²) in [6.45, 7) is 28.9. The van der Waals surface area contributed by atoms with Crippen LogP contribution in [0.4, 0.5) is 68.2 Å². The maximum atomic E-state index is 2.62. The second-order valence-corrected chi connectivity index (χ2v) is 42.8. The zero-order valence-electron chi connectivity index (χ0n) is 77.1. The molecule has 0 bridgehead atoms. The number of hydrogen-bond donors (Lipinski definition) is 0. The molecule has 4 nitrogen and oxygen atoms in total. The Kier molecular flexibility index (Phi) is 18.1. The van der Waals surface area contributed by atoms with Crippen molar-refractivity contribution < 1.29 is 0 Å². The average Bonchev–Trinajstić information content (AvgIpc) is 0.946. The minimum atomic E-state index is -0.125. The molecular weight excluding hydrogens is 1630 g/mol. The molecule has 6 heteroatoms. The van der Waals surface area contributed by atoms with E-state index in [-0.39, 0.29) is 21.7 Å². The third-order valence-corrected chi connectivity index (χ3v) is 33.2. The highest BCUT2D eigenvalue weighted by molar-refractivity contribution is 7.27. The fraction of sp³-hybridized carbons (Fsp3) is 0.175. The summed E-state index contributed by atoms with van der Waals surface area (Å²) < 4.78 is 5.26. The Labute approximate surface area is 781 Å². The van der Waals surface area contributed by atoms with Gasteiger partial charge in [0.25, 0.3) is 0 Å². The summed E-state index contributed by atoms with van der Waals surface area (Å²) in [5.74, 6) is 0.599. The molecule has 4 aliphatic rings. The number of anilines is 12. The van der Waals surface area contributed by atoms with Crippen molar-refractivity contribution in [3.8, 4) is 22.3 Å². The van der Waals surface area contributed by atoms with E-state index in [4.69, 9.17) is 0 Å². The zero-order chi connectivity index (χ0) is 89.3. The molecule has 2 heterocycles. The Bertz CT molecular complexity index is 8480. The predicted molar refractivity (Wildman–Crippen MR) is 571 cm³/mol. The predicted octanol–water partition coefficient (Wildman–Crippen LogP) is 37.1. The second kappa shape index (κ2) is 29.8. The standard InChI is InChI=1S/C66H58N2.C60H46N2S2/c1-40(2)52-39-60(68(43-21-13-10-14-22-43)45-28-30-49-47-24-16-18-26-55(47)66(7,8)57(49)37-45)53-38-58-61-41(33-34-64(58,3)4)35-59(51-32-31-50(52)62(53)63(51)61)67(42-19-11-9-12-20-42)44-27-29-48-46-23-15-17-25-54(46)65(5,6)56(48)36-44;1-36(2)46-35-52(62(39-19-9-6-10-20-39)50-26-16-24-44-41-22-12-14-28-54(41)64-59(44)50)47-34-48-55-37(31-32-60(48,3)4)33-51(45-30-29-42(46)56(47)57(45)55)61(38-17-7-5-8-18-38)49-25-15-23-43-40-21-11-13-27-53(40)63-58(43)49/h9-32,35-40H,33-34H2,1-8H3;5-30,33-36H,31-32H2,1-4H3. The van der Waals surface area contributed by atoms with Crippen LogP contribution in [0.25, 0.3) is 127 Å². The van der Waals surface area contributed by atoms with Gasteiger partial charge in [-0.2, -0.15) is 0 Å². The average molecular weight is 1740 g/mol. The molecule has 22 aromatic rings. The molecule has 0 radical (unpaired) electrons. The molecule has 0 fully saturated rings.